The van der Waals surface area contributed by atoms with E-state index in [2.05, 4.69) is 10.2 Å². The second kappa shape index (κ2) is 7.44. The van der Waals surface area contributed by atoms with Gasteiger partial charge >= 0.3 is 6.03 Å². The van der Waals surface area contributed by atoms with Gasteiger partial charge in [0.1, 0.15) is 0 Å². The average Bonchev–Trinajstić information content (AvgIpc) is 2.48. The molecule has 0 aliphatic carbocycles. The Morgan fingerprint density at radius 2 is 1.60 bits per heavy atom. The van der Waals surface area contributed by atoms with Crippen molar-refractivity contribution in [1.29, 1.82) is 0 Å². The van der Waals surface area contributed by atoms with Crippen molar-refractivity contribution in [2.45, 2.75) is 6.92 Å². The molecule has 2 aliphatic heterocycles. The van der Waals surface area contributed by atoms with E-state index in [1.807, 2.05) is 0 Å². The van der Waals surface area contributed by atoms with Gasteiger partial charge in [0.15, 0.2) is 0 Å². The summed E-state index contributed by atoms with van der Waals surface area (Å²) in [5, 5.41) is 2.94. The smallest absolute Gasteiger partial charge is 0.317 e. The molecule has 0 atom stereocenters. The van der Waals surface area contributed by atoms with Crippen molar-refractivity contribution in [2.24, 2.45) is 0 Å². The SMILES string of the molecule is CC(=O)N1CCN(C(=O)NCCN2CCOCC2)CC1. The lowest BCUT2D eigenvalue weighted by atomic mass is 10.3. The van der Waals surface area contributed by atoms with Crippen molar-refractivity contribution < 1.29 is 14.3 Å². The van der Waals surface area contributed by atoms with Crippen LogP contribution in [0.1, 0.15) is 6.92 Å². The summed E-state index contributed by atoms with van der Waals surface area (Å²) in [5.74, 6) is 0.0809. The zero-order valence-corrected chi connectivity index (χ0v) is 12.1. The highest BCUT2D eigenvalue weighted by atomic mass is 16.5. The van der Waals surface area contributed by atoms with Crippen LogP contribution in [0.5, 0.6) is 0 Å². The van der Waals surface area contributed by atoms with Gasteiger partial charge in [0, 0.05) is 59.3 Å². The molecule has 0 bridgehead atoms. The Morgan fingerprint density at radius 3 is 2.20 bits per heavy atom. The number of amides is 3. The Kier molecular flexibility index (Phi) is 5.60. The molecule has 0 spiro atoms. The first-order valence-electron chi connectivity index (χ1n) is 7.25. The van der Waals surface area contributed by atoms with E-state index in [0.29, 0.717) is 32.7 Å². The third kappa shape index (κ3) is 4.35. The molecule has 2 fully saturated rings. The number of carbonyl (C=O) groups excluding carboxylic acids is 2. The van der Waals surface area contributed by atoms with Gasteiger partial charge in [-0.3, -0.25) is 9.69 Å². The number of hydrogen-bond donors (Lipinski definition) is 1. The van der Waals surface area contributed by atoms with Gasteiger partial charge < -0.3 is 19.9 Å². The van der Waals surface area contributed by atoms with Crippen LogP contribution in [0, 0.1) is 0 Å². The highest BCUT2D eigenvalue weighted by Gasteiger charge is 2.22. The molecule has 20 heavy (non-hydrogen) atoms. The Hall–Kier alpha value is -1.34. The van der Waals surface area contributed by atoms with E-state index in [1.165, 1.54) is 0 Å². The summed E-state index contributed by atoms with van der Waals surface area (Å²) in [6.45, 7) is 9.01. The molecule has 0 aromatic heterocycles. The zero-order chi connectivity index (χ0) is 14.4. The molecule has 7 heteroatoms. The van der Waals surface area contributed by atoms with Crippen molar-refractivity contribution in [3.63, 3.8) is 0 Å². The largest absolute Gasteiger partial charge is 0.379 e. The van der Waals surface area contributed by atoms with Crippen molar-refractivity contribution in [1.82, 2.24) is 20.0 Å². The maximum Gasteiger partial charge on any atom is 0.317 e. The number of ether oxygens (including phenoxy) is 1. The number of carbonyl (C=O) groups is 2. The number of nitrogens with zero attached hydrogens (tertiary/aromatic N) is 3. The highest BCUT2D eigenvalue weighted by molar-refractivity contribution is 5.76. The van der Waals surface area contributed by atoms with Crippen LogP contribution in [-0.2, 0) is 9.53 Å². The molecule has 3 amide bonds. The third-order valence-electron chi connectivity index (χ3n) is 3.82. The van der Waals surface area contributed by atoms with Gasteiger partial charge in [0.2, 0.25) is 5.91 Å². The average molecular weight is 284 g/mol. The monoisotopic (exact) mass is 284 g/mol. The quantitative estimate of drug-likeness (QED) is 0.736. The van der Waals surface area contributed by atoms with Crippen LogP contribution in [0.3, 0.4) is 0 Å². The van der Waals surface area contributed by atoms with E-state index < -0.39 is 0 Å². The molecule has 0 saturated carbocycles. The Bertz CT molecular complexity index is 337. The van der Waals surface area contributed by atoms with Crippen LogP contribution in [-0.4, -0.2) is 92.2 Å². The van der Waals surface area contributed by atoms with Gasteiger partial charge in [0.25, 0.3) is 0 Å². The molecule has 0 aromatic rings. The molecule has 0 unspecified atom stereocenters. The Balaban J connectivity index is 1.61. The number of piperazine rings is 1. The molecule has 7 nitrogen and oxygen atoms in total. The zero-order valence-electron chi connectivity index (χ0n) is 12.1. The summed E-state index contributed by atoms with van der Waals surface area (Å²) in [4.78, 5) is 29.0. The summed E-state index contributed by atoms with van der Waals surface area (Å²) in [7, 11) is 0. The number of rotatable bonds is 3. The number of morpholine rings is 1. The van der Waals surface area contributed by atoms with Crippen LogP contribution in [0.15, 0.2) is 0 Å². The Morgan fingerprint density at radius 1 is 1.00 bits per heavy atom. The molecule has 2 aliphatic rings. The van der Waals surface area contributed by atoms with E-state index in [4.69, 9.17) is 4.74 Å². The van der Waals surface area contributed by atoms with E-state index in [9.17, 15) is 9.59 Å². The fraction of sp³-hybridized carbons (Fsp3) is 0.846. The second-order valence-electron chi connectivity index (χ2n) is 5.18. The fourth-order valence-electron chi connectivity index (χ4n) is 2.48. The van der Waals surface area contributed by atoms with Gasteiger partial charge in [-0.25, -0.2) is 4.79 Å². The first-order chi connectivity index (χ1) is 9.66. The first-order valence-corrected chi connectivity index (χ1v) is 7.25. The first kappa shape index (κ1) is 15.1. The Labute approximate surface area is 119 Å². The topological polar surface area (TPSA) is 65.1 Å². The lowest BCUT2D eigenvalue weighted by Crippen LogP contribution is -2.53. The maximum absolute atomic E-state index is 12.0. The predicted octanol–water partition coefficient (Wildman–Crippen LogP) is -0.808. The summed E-state index contributed by atoms with van der Waals surface area (Å²) in [6, 6.07) is -0.0264. The van der Waals surface area contributed by atoms with Crippen molar-refractivity contribution in [2.75, 3.05) is 65.6 Å². The molecule has 0 radical (unpaired) electrons. The van der Waals surface area contributed by atoms with E-state index in [1.54, 1.807) is 16.7 Å². The number of nitrogens with one attached hydrogen (secondary N) is 1. The van der Waals surface area contributed by atoms with Crippen LogP contribution in [0.4, 0.5) is 4.79 Å². The lowest BCUT2D eigenvalue weighted by Gasteiger charge is -2.34. The molecule has 2 heterocycles. The molecule has 114 valence electrons. The van der Waals surface area contributed by atoms with Gasteiger partial charge in [-0.1, -0.05) is 0 Å². The minimum absolute atomic E-state index is 0.0264. The second-order valence-corrected chi connectivity index (χ2v) is 5.18. The van der Waals surface area contributed by atoms with E-state index in [0.717, 1.165) is 32.8 Å². The number of hydrogen-bond acceptors (Lipinski definition) is 4. The predicted molar refractivity (Wildman–Crippen MR) is 74.5 cm³/mol. The molecular formula is C13H24N4O3. The van der Waals surface area contributed by atoms with Gasteiger partial charge in [-0.05, 0) is 0 Å². The van der Waals surface area contributed by atoms with Crippen LogP contribution >= 0.6 is 0 Å². The van der Waals surface area contributed by atoms with Gasteiger partial charge in [-0.15, -0.1) is 0 Å². The standard InChI is InChI=1S/C13H24N4O3/c1-12(18)16-4-6-17(7-5-16)13(19)14-2-3-15-8-10-20-11-9-15/h2-11H2,1H3,(H,14,19). The van der Waals surface area contributed by atoms with Crippen LogP contribution < -0.4 is 5.32 Å². The summed E-state index contributed by atoms with van der Waals surface area (Å²) >= 11 is 0. The van der Waals surface area contributed by atoms with Crippen molar-refractivity contribution >= 4 is 11.9 Å². The molecule has 1 N–H and O–H groups in total. The summed E-state index contributed by atoms with van der Waals surface area (Å²) in [6.07, 6.45) is 0. The highest BCUT2D eigenvalue weighted by Crippen LogP contribution is 2.02. The lowest BCUT2D eigenvalue weighted by molar-refractivity contribution is -0.130. The third-order valence-corrected chi connectivity index (χ3v) is 3.82. The van der Waals surface area contributed by atoms with Crippen LogP contribution in [0.2, 0.25) is 0 Å². The summed E-state index contributed by atoms with van der Waals surface area (Å²) in [5.41, 5.74) is 0. The maximum atomic E-state index is 12.0. The van der Waals surface area contributed by atoms with Crippen LogP contribution in [0.25, 0.3) is 0 Å². The summed E-state index contributed by atoms with van der Waals surface area (Å²) < 4.78 is 5.28. The number of urea groups is 1. The van der Waals surface area contributed by atoms with Crippen molar-refractivity contribution in [3.8, 4) is 0 Å². The van der Waals surface area contributed by atoms with Gasteiger partial charge in [-0.2, -0.15) is 0 Å². The molecular weight excluding hydrogens is 260 g/mol. The van der Waals surface area contributed by atoms with E-state index >= 15 is 0 Å². The minimum atomic E-state index is -0.0264. The van der Waals surface area contributed by atoms with E-state index in [-0.39, 0.29) is 11.9 Å². The normalized spacial score (nSPS) is 20.9. The minimum Gasteiger partial charge on any atom is -0.379 e. The molecule has 2 rings (SSSR count). The molecule has 0 aromatic carbocycles. The van der Waals surface area contributed by atoms with Gasteiger partial charge in [0.05, 0.1) is 13.2 Å². The van der Waals surface area contributed by atoms with Crippen molar-refractivity contribution in [3.05, 3.63) is 0 Å². The fourth-order valence-corrected chi connectivity index (χ4v) is 2.48. The molecule has 2 saturated heterocycles.